The third-order valence-electron chi connectivity index (χ3n) is 3.05. The maximum atomic E-state index is 12.2. The Morgan fingerprint density at radius 2 is 1.90 bits per heavy atom. The molecule has 1 aliphatic rings. The van der Waals surface area contributed by atoms with Crippen molar-refractivity contribution in [3.63, 3.8) is 0 Å². The fourth-order valence-corrected chi connectivity index (χ4v) is 4.05. The van der Waals surface area contributed by atoms with Crippen LogP contribution in [0.1, 0.15) is 19.8 Å². The molecule has 0 spiro atoms. The Balaban J connectivity index is 2.10. The molecule has 1 aromatic carbocycles. The molecule has 112 valence electrons. The Hall–Kier alpha value is -0.0100. The van der Waals surface area contributed by atoms with Crippen LogP contribution in [0, 0.1) is 0 Å². The molecule has 1 atom stereocenters. The summed E-state index contributed by atoms with van der Waals surface area (Å²) < 4.78 is 27.7. The molecule has 8 heteroatoms. The summed E-state index contributed by atoms with van der Waals surface area (Å²) in [6, 6.07) is 3.66. The summed E-state index contributed by atoms with van der Waals surface area (Å²) in [7, 11) is -3.54. The minimum atomic E-state index is -3.54. The van der Waals surface area contributed by atoms with Crippen LogP contribution in [0.2, 0.25) is 10.0 Å². The second-order valence-corrected chi connectivity index (χ2v) is 8.71. The Kier molecular flexibility index (Phi) is 5.24. The fraction of sp³-hybridized carbons (Fsp3) is 0.500. The third-order valence-corrected chi connectivity index (χ3v) is 5.82. The van der Waals surface area contributed by atoms with E-state index in [0.29, 0.717) is 17.1 Å². The highest BCUT2D eigenvalue weighted by atomic mass is 79.9. The smallest absolute Gasteiger partial charge is 0.236 e. The van der Waals surface area contributed by atoms with Gasteiger partial charge in [0.05, 0.1) is 21.0 Å². The predicted octanol–water partition coefficient (Wildman–Crippen LogP) is 3.64. The first kappa shape index (κ1) is 16.4. The van der Waals surface area contributed by atoms with Gasteiger partial charge >= 0.3 is 0 Å². The fourth-order valence-electron chi connectivity index (χ4n) is 1.61. The molecule has 1 unspecified atom stereocenters. The van der Waals surface area contributed by atoms with Crippen LogP contribution in [-0.4, -0.2) is 26.3 Å². The third kappa shape index (κ3) is 4.24. The van der Waals surface area contributed by atoms with E-state index in [1.165, 1.54) is 0 Å². The molecular formula is C12H15BrCl2N2O2S. The molecule has 0 radical (unpaired) electrons. The molecule has 1 aliphatic carbocycles. The number of sulfonamides is 1. The maximum absolute atomic E-state index is 12.2. The molecular weight excluding hydrogens is 387 g/mol. The first-order valence-corrected chi connectivity index (χ1v) is 9.28. The number of hydrogen-bond donors (Lipinski definition) is 2. The van der Waals surface area contributed by atoms with Gasteiger partial charge in [-0.2, -0.15) is 0 Å². The highest BCUT2D eigenvalue weighted by Gasteiger charge is 2.26. The van der Waals surface area contributed by atoms with Gasteiger partial charge in [0.25, 0.3) is 0 Å². The van der Waals surface area contributed by atoms with Gasteiger partial charge in [0, 0.05) is 17.1 Å². The average molecular weight is 402 g/mol. The second kappa shape index (κ2) is 6.40. The molecule has 0 heterocycles. The van der Waals surface area contributed by atoms with E-state index in [-0.39, 0.29) is 15.7 Å². The van der Waals surface area contributed by atoms with Crippen LogP contribution in [0.3, 0.4) is 0 Å². The van der Waals surface area contributed by atoms with Crippen LogP contribution in [0.4, 0.5) is 5.69 Å². The van der Waals surface area contributed by atoms with Crippen molar-refractivity contribution in [1.82, 2.24) is 5.32 Å². The van der Waals surface area contributed by atoms with E-state index < -0.39 is 15.3 Å². The van der Waals surface area contributed by atoms with Crippen LogP contribution in [0.5, 0.6) is 0 Å². The molecule has 0 bridgehead atoms. The van der Waals surface area contributed by atoms with Gasteiger partial charge < -0.3 is 5.32 Å². The topological polar surface area (TPSA) is 58.2 Å². The normalized spacial score (nSPS) is 17.0. The molecule has 1 saturated carbocycles. The Morgan fingerprint density at radius 3 is 2.40 bits per heavy atom. The zero-order valence-electron chi connectivity index (χ0n) is 10.8. The number of rotatable bonds is 6. The highest BCUT2D eigenvalue weighted by Crippen LogP contribution is 2.34. The lowest BCUT2D eigenvalue weighted by molar-refractivity contribution is 0.576. The van der Waals surface area contributed by atoms with Gasteiger partial charge in [0.15, 0.2) is 0 Å². The summed E-state index contributed by atoms with van der Waals surface area (Å²) in [5.41, 5.74) is 0.217. The van der Waals surface area contributed by atoms with Gasteiger partial charge in [0.1, 0.15) is 0 Å². The van der Waals surface area contributed by atoms with Gasteiger partial charge in [-0.3, -0.25) is 4.72 Å². The van der Waals surface area contributed by atoms with Crippen molar-refractivity contribution >= 4 is 54.8 Å². The molecule has 0 amide bonds. The van der Waals surface area contributed by atoms with Crippen molar-refractivity contribution in [3.05, 3.63) is 26.7 Å². The summed E-state index contributed by atoms with van der Waals surface area (Å²) in [6.45, 7) is 2.06. The van der Waals surface area contributed by atoms with E-state index in [1.54, 1.807) is 19.1 Å². The zero-order valence-corrected chi connectivity index (χ0v) is 14.7. The lowest BCUT2D eigenvalue weighted by Gasteiger charge is -2.17. The van der Waals surface area contributed by atoms with Crippen LogP contribution >= 0.6 is 39.1 Å². The molecule has 0 aromatic heterocycles. The van der Waals surface area contributed by atoms with E-state index in [4.69, 9.17) is 23.2 Å². The molecule has 0 saturated heterocycles. The standard InChI is InChI=1S/C12H15BrCl2N2O2S/c1-7(6-16-9-2-3-9)20(18,19)17-12-10(14)4-8(13)5-11(12)15/h4-5,7,9,16-17H,2-3,6H2,1H3. The van der Waals surface area contributed by atoms with E-state index in [9.17, 15) is 8.42 Å². The molecule has 2 N–H and O–H groups in total. The second-order valence-electron chi connectivity index (χ2n) is 4.88. The molecule has 0 aliphatic heterocycles. The van der Waals surface area contributed by atoms with E-state index in [2.05, 4.69) is 26.0 Å². The minimum absolute atomic E-state index is 0.217. The van der Waals surface area contributed by atoms with Crippen LogP contribution in [-0.2, 0) is 10.0 Å². The lowest BCUT2D eigenvalue weighted by Crippen LogP contribution is -2.35. The number of nitrogens with one attached hydrogen (secondary N) is 2. The van der Waals surface area contributed by atoms with Crippen molar-refractivity contribution in [2.24, 2.45) is 0 Å². The van der Waals surface area contributed by atoms with Gasteiger partial charge in [0.2, 0.25) is 10.0 Å². The van der Waals surface area contributed by atoms with Gasteiger partial charge in [-0.15, -0.1) is 0 Å². The number of halogens is 3. The number of benzene rings is 1. The van der Waals surface area contributed by atoms with E-state index in [0.717, 1.165) is 12.8 Å². The van der Waals surface area contributed by atoms with E-state index >= 15 is 0 Å². The highest BCUT2D eigenvalue weighted by molar-refractivity contribution is 9.10. The van der Waals surface area contributed by atoms with Crippen LogP contribution < -0.4 is 10.0 Å². The zero-order chi connectivity index (χ0) is 14.9. The van der Waals surface area contributed by atoms with E-state index in [1.807, 2.05) is 0 Å². The van der Waals surface area contributed by atoms with Crippen LogP contribution in [0.25, 0.3) is 0 Å². The van der Waals surface area contributed by atoms with Crippen molar-refractivity contribution in [3.8, 4) is 0 Å². The molecule has 2 rings (SSSR count). The van der Waals surface area contributed by atoms with Gasteiger partial charge in [-0.05, 0) is 31.9 Å². The van der Waals surface area contributed by atoms with Crippen LogP contribution in [0.15, 0.2) is 16.6 Å². The first-order valence-electron chi connectivity index (χ1n) is 6.19. The summed E-state index contributed by atoms with van der Waals surface area (Å²) in [6.07, 6.45) is 2.23. The summed E-state index contributed by atoms with van der Waals surface area (Å²) in [5.74, 6) is 0. The SMILES string of the molecule is CC(CNC1CC1)S(=O)(=O)Nc1c(Cl)cc(Br)cc1Cl. The Morgan fingerprint density at radius 1 is 1.35 bits per heavy atom. The van der Waals surface area contributed by atoms with Gasteiger partial charge in [-0.25, -0.2) is 8.42 Å². The molecule has 20 heavy (non-hydrogen) atoms. The average Bonchev–Trinajstić information content (AvgIpc) is 3.14. The molecule has 1 aromatic rings. The van der Waals surface area contributed by atoms with Crippen molar-refractivity contribution in [2.45, 2.75) is 31.1 Å². The monoisotopic (exact) mass is 400 g/mol. The van der Waals surface area contributed by atoms with Crippen molar-refractivity contribution < 1.29 is 8.42 Å². The summed E-state index contributed by atoms with van der Waals surface area (Å²) >= 11 is 15.3. The quantitative estimate of drug-likeness (QED) is 0.764. The molecule has 4 nitrogen and oxygen atoms in total. The molecule has 1 fully saturated rings. The van der Waals surface area contributed by atoms with Crippen molar-refractivity contribution in [2.75, 3.05) is 11.3 Å². The Bertz CT molecular complexity index is 582. The summed E-state index contributed by atoms with van der Waals surface area (Å²) in [4.78, 5) is 0. The van der Waals surface area contributed by atoms with Crippen molar-refractivity contribution in [1.29, 1.82) is 0 Å². The lowest BCUT2D eigenvalue weighted by atomic mass is 10.3. The summed E-state index contributed by atoms with van der Waals surface area (Å²) in [5, 5.41) is 3.14. The number of hydrogen-bond acceptors (Lipinski definition) is 3. The largest absolute Gasteiger partial charge is 0.313 e. The predicted molar refractivity (Wildman–Crippen MR) is 87.2 cm³/mol. The number of anilines is 1. The first-order chi connectivity index (χ1) is 9.29. The maximum Gasteiger partial charge on any atom is 0.236 e. The Labute approximate surface area is 137 Å². The minimum Gasteiger partial charge on any atom is -0.313 e. The van der Waals surface area contributed by atoms with Gasteiger partial charge in [-0.1, -0.05) is 39.1 Å².